The summed E-state index contributed by atoms with van der Waals surface area (Å²) in [6, 6.07) is 0.340. The third kappa shape index (κ3) is 2.27. The zero-order valence-corrected chi connectivity index (χ0v) is 14.5. The molecule has 0 bridgehead atoms. The number of ether oxygens (including phenoxy) is 1. The number of amides is 2. The normalized spacial score (nSPS) is 30.7. The number of carbonyl (C=O) groups excluding carboxylic acids is 3. The molecule has 26 heavy (non-hydrogen) atoms. The summed E-state index contributed by atoms with van der Waals surface area (Å²) in [5, 5.41) is 11.9. The maximum Gasteiger partial charge on any atom is 0.329 e. The second-order valence-corrected chi connectivity index (χ2v) is 6.62. The van der Waals surface area contributed by atoms with Gasteiger partial charge in [0, 0.05) is 12.6 Å². The van der Waals surface area contributed by atoms with E-state index in [2.05, 4.69) is 10.1 Å². The third-order valence-electron chi connectivity index (χ3n) is 5.06. The van der Waals surface area contributed by atoms with Crippen LogP contribution in [0.25, 0.3) is 0 Å². The Morgan fingerprint density at radius 2 is 1.96 bits per heavy atom. The fourth-order valence-electron chi connectivity index (χ4n) is 3.80. The van der Waals surface area contributed by atoms with E-state index in [1.54, 1.807) is 0 Å². The predicted molar refractivity (Wildman–Crippen MR) is 83.8 cm³/mol. The average Bonchev–Trinajstić information content (AvgIpc) is 3.08. The summed E-state index contributed by atoms with van der Waals surface area (Å²) in [4.78, 5) is 38.3. The SMILES string of the molecule is COC(=O)[C@]1(CO)N[C@H](c2c(F)ccc(F)c2Cl)[C@@H]2C(=O)N(C)C(=O)[C@@H]21. The van der Waals surface area contributed by atoms with Gasteiger partial charge in [-0.15, -0.1) is 0 Å². The standard InChI is InChI=1S/C16H15ClF2N2O5/c1-21-13(23)9-10(14(21)24)16(5-22,15(25)26-2)20-12(9)8-6(18)3-4-7(19)11(8)17/h3-4,9-10,12,20,22H,5H2,1-2H3/t9-,10-,12-,16-/m1/s1. The number of esters is 1. The van der Waals surface area contributed by atoms with Crippen molar-refractivity contribution in [2.24, 2.45) is 11.8 Å². The molecule has 1 aromatic carbocycles. The van der Waals surface area contributed by atoms with Crippen LogP contribution < -0.4 is 5.32 Å². The smallest absolute Gasteiger partial charge is 0.329 e. The van der Waals surface area contributed by atoms with Crippen LogP contribution in [0.3, 0.4) is 0 Å². The molecule has 1 aromatic rings. The number of benzene rings is 1. The molecule has 140 valence electrons. The summed E-state index contributed by atoms with van der Waals surface area (Å²) in [6.45, 7) is -0.890. The number of nitrogens with zero attached hydrogens (tertiary/aromatic N) is 1. The maximum atomic E-state index is 14.4. The lowest BCUT2D eigenvalue weighted by molar-refractivity contribution is -0.156. The van der Waals surface area contributed by atoms with E-state index in [0.29, 0.717) is 0 Å². The first-order valence-electron chi connectivity index (χ1n) is 7.63. The molecule has 3 rings (SSSR count). The summed E-state index contributed by atoms with van der Waals surface area (Å²) >= 11 is 5.90. The second-order valence-electron chi connectivity index (χ2n) is 6.24. The summed E-state index contributed by atoms with van der Waals surface area (Å²) in [6.07, 6.45) is 0. The Kier molecular flexibility index (Phi) is 4.50. The van der Waals surface area contributed by atoms with Crippen LogP contribution in [0.15, 0.2) is 12.1 Å². The second kappa shape index (κ2) is 6.26. The van der Waals surface area contributed by atoms with E-state index in [-0.39, 0.29) is 0 Å². The zero-order chi connectivity index (χ0) is 19.4. The van der Waals surface area contributed by atoms with Crippen molar-refractivity contribution in [1.82, 2.24) is 10.2 Å². The fraction of sp³-hybridized carbons (Fsp3) is 0.438. The first kappa shape index (κ1) is 18.7. The minimum atomic E-state index is -1.98. The third-order valence-corrected chi connectivity index (χ3v) is 5.45. The van der Waals surface area contributed by atoms with Crippen LogP contribution in [0, 0.1) is 23.5 Å². The van der Waals surface area contributed by atoms with Crippen LogP contribution >= 0.6 is 11.6 Å². The molecule has 7 nitrogen and oxygen atoms in total. The predicted octanol–water partition coefficient (Wildman–Crippen LogP) is 0.398. The van der Waals surface area contributed by atoms with E-state index in [1.165, 1.54) is 7.05 Å². The molecule has 10 heteroatoms. The van der Waals surface area contributed by atoms with Gasteiger partial charge < -0.3 is 9.84 Å². The number of fused-ring (bicyclic) bond motifs is 1. The fourth-order valence-corrected chi connectivity index (χ4v) is 4.07. The van der Waals surface area contributed by atoms with Gasteiger partial charge >= 0.3 is 5.97 Å². The summed E-state index contributed by atoms with van der Waals surface area (Å²) in [5.41, 5.74) is -2.37. The number of hydrogen-bond donors (Lipinski definition) is 2. The van der Waals surface area contributed by atoms with E-state index in [0.717, 1.165) is 24.1 Å². The van der Waals surface area contributed by atoms with Crippen molar-refractivity contribution >= 4 is 29.4 Å². The van der Waals surface area contributed by atoms with Crippen molar-refractivity contribution < 1.29 is 33.0 Å². The van der Waals surface area contributed by atoms with E-state index in [1.807, 2.05) is 0 Å². The molecule has 2 heterocycles. The van der Waals surface area contributed by atoms with Crippen LogP contribution in [0.2, 0.25) is 5.02 Å². The average molecular weight is 389 g/mol. The molecule has 0 radical (unpaired) electrons. The Hall–Kier alpha value is -2.10. The van der Waals surface area contributed by atoms with Crippen LogP contribution in [0.1, 0.15) is 11.6 Å². The maximum absolute atomic E-state index is 14.4. The van der Waals surface area contributed by atoms with Crippen molar-refractivity contribution in [2.75, 3.05) is 20.8 Å². The molecule has 2 aliphatic rings. The van der Waals surface area contributed by atoms with E-state index in [9.17, 15) is 28.3 Å². The Balaban J connectivity index is 2.23. The Morgan fingerprint density at radius 3 is 2.54 bits per heavy atom. The number of imide groups is 1. The number of aliphatic hydroxyl groups is 1. The first-order chi connectivity index (χ1) is 12.2. The number of nitrogens with one attached hydrogen (secondary N) is 1. The number of rotatable bonds is 3. The molecular weight excluding hydrogens is 374 g/mol. The number of carbonyl (C=O) groups is 3. The molecule has 2 N–H and O–H groups in total. The van der Waals surface area contributed by atoms with Gasteiger partial charge in [0.15, 0.2) is 5.54 Å². The van der Waals surface area contributed by atoms with Gasteiger partial charge in [-0.25, -0.2) is 13.6 Å². The molecule has 0 spiro atoms. The monoisotopic (exact) mass is 388 g/mol. The van der Waals surface area contributed by atoms with E-state index >= 15 is 0 Å². The first-order valence-corrected chi connectivity index (χ1v) is 8.00. The number of methoxy groups -OCH3 is 1. The van der Waals surface area contributed by atoms with Gasteiger partial charge in [-0.1, -0.05) is 11.6 Å². The Morgan fingerprint density at radius 1 is 1.35 bits per heavy atom. The molecule has 2 aliphatic heterocycles. The number of likely N-dealkylation sites (tertiary alicyclic amines) is 1. The number of halogens is 3. The molecule has 2 saturated heterocycles. The van der Waals surface area contributed by atoms with Crippen LogP contribution in [-0.4, -0.2) is 54.1 Å². The summed E-state index contributed by atoms with van der Waals surface area (Å²) in [5.74, 6) is -6.87. The van der Waals surface area contributed by atoms with Crippen molar-refractivity contribution in [3.63, 3.8) is 0 Å². The van der Waals surface area contributed by atoms with Gasteiger partial charge in [-0.2, -0.15) is 0 Å². The van der Waals surface area contributed by atoms with Crippen molar-refractivity contribution in [1.29, 1.82) is 0 Å². The lowest BCUT2D eigenvalue weighted by atomic mass is 9.79. The summed E-state index contributed by atoms with van der Waals surface area (Å²) < 4.78 is 33.0. The van der Waals surface area contributed by atoms with E-state index in [4.69, 9.17) is 11.6 Å². The van der Waals surface area contributed by atoms with Gasteiger partial charge in [0.05, 0.1) is 36.6 Å². The minimum Gasteiger partial charge on any atom is -0.468 e. The Bertz CT molecular complexity index is 820. The molecule has 2 amide bonds. The van der Waals surface area contributed by atoms with Crippen LogP contribution in [0.4, 0.5) is 8.78 Å². The highest BCUT2D eigenvalue weighted by atomic mass is 35.5. The molecule has 0 saturated carbocycles. The zero-order valence-electron chi connectivity index (χ0n) is 13.8. The van der Waals surface area contributed by atoms with Gasteiger partial charge in [-0.05, 0) is 12.1 Å². The number of aliphatic hydroxyl groups excluding tert-OH is 1. The highest BCUT2D eigenvalue weighted by Crippen LogP contribution is 2.50. The van der Waals surface area contributed by atoms with Crippen molar-refractivity contribution in [3.8, 4) is 0 Å². The van der Waals surface area contributed by atoms with Gasteiger partial charge in [-0.3, -0.25) is 19.8 Å². The van der Waals surface area contributed by atoms with Crippen molar-refractivity contribution in [2.45, 2.75) is 11.6 Å². The van der Waals surface area contributed by atoms with Gasteiger partial charge in [0.25, 0.3) is 0 Å². The van der Waals surface area contributed by atoms with Crippen molar-refractivity contribution in [3.05, 3.63) is 34.4 Å². The lowest BCUT2D eigenvalue weighted by Crippen LogP contribution is -2.58. The number of hydrogen-bond acceptors (Lipinski definition) is 6. The molecule has 2 fully saturated rings. The largest absolute Gasteiger partial charge is 0.468 e. The highest BCUT2D eigenvalue weighted by Gasteiger charge is 2.68. The van der Waals surface area contributed by atoms with Crippen LogP contribution in [-0.2, 0) is 19.1 Å². The molecule has 4 atom stereocenters. The Labute approximate surface area is 151 Å². The lowest BCUT2D eigenvalue weighted by Gasteiger charge is -2.30. The minimum absolute atomic E-state index is 0.391. The van der Waals surface area contributed by atoms with E-state index < -0.39 is 70.0 Å². The molecular formula is C16H15ClF2N2O5. The molecule has 0 aromatic heterocycles. The molecule has 0 aliphatic carbocycles. The summed E-state index contributed by atoms with van der Waals surface area (Å²) in [7, 11) is 2.26. The highest BCUT2D eigenvalue weighted by molar-refractivity contribution is 6.31. The quantitative estimate of drug-likeness (QED) is 0.442. The van der Waals surface area contributed by atoms with Crippen LogP contribution in [0.5, 0.6) is 0 Å². The topological polar surface area (TPSA) is 95.9 Å². The van der Waals surface area contributed by atoms with Gasteiger partial charge in [0.2, 0.25) is 11.8 Å². The van der Waals surface area contributed by atoms with Gasteiger partial charge in [0.1, 0.15) is 11.6 Å². The molecule has 0 unspecified atom stereocenters.